The van der Waals surface area contributed by atoms with E-state index in [1.54, 1.807) is 4.68 Å². The normalized spacial score (nSPS) is 12.3. The third-order valence-electron chi connectivity index (χ3n) is 3.89. The smallest absolute Gasteiger partial charge is 0.198 e. The van der Waals surface area contributed by atoms with Crippen LogP contribution < -0.4 is 5.73 Å². The van der Waals surface area contributed by atoms with E-state index in [0.29, 0.717) is 16.9 Å². The van der Waals surface area contributed by atoms with Crippen molar-refractivity contribution in [2.75, 3.05) is 5.73 Å². The number of rotatable bonds is 1. The number of hydrogen-bond acceptors (Lipinski definition) is 3. The van der Waals surface area contributed by atoms with E-state index in [-0.39, 0.29) is 5.78 Å². The highest BCUT2D eigenvalue weighted by atomic mass is 16.1. The van der Waals surface area contributed by atoms with Crippen LogP contribution in [0, 0.1) is 0 Å². The van der Waals surface area contributed by atoms with Crippen molar-refractivity contribution in [3.8, 4) is 22.5 Å². The Morgan fingerprint density at radius 1 is 1.00 bits per heavy atom. The molecule has 1 aliphatic rings. The van der Waals surface area contributed by atoms with Gasteiger partial charge in [0.15, 0.2) is 5.78 Å². The number of aromatic nitrogens is 2. The SMILES string of the molecule is Cn1nc(-c2ccc(N)cc2)c2c1-c1ccccc1C2=O. The van der Waals surface area contributed by atoms with E-state index in [9.17, 15) is 4.79 Å². The van der Waals surface area contributed by atoms with Crippen molar-refractivity contribution in [3.63, 3.8) is 0 Å². The van der Waals surface area contributed by atoms with Crippen molar-refractivity contribution in [1.29, 1.82) is 0 Å². The molecule has 2 aromatic carbocycles. The van der Waals surface area contributed by atoms with Gasteiger partial charge in [0.05, 0.1) is 11.3 Å². The maximum absolute atomic E-state index is 12.7. The summed E-state index contributed by atoms with van der Waals surface area (Å²) < 4.78 is 1.78. The summed E-state index contributed by atoms with van der Waals surface area (Å²) in [5.74, 6) is 0.0422. The molecule has 4 rings (SSSR count). The third kappa shape index (κ3) is 1.56. The molecule has 0 radical (unpaired) electrons. The molecule has 0 bridgehead atoms. The van der Waals surface area contributed by atoms with Gasteiger partial charge in [-0.3, -0.25) is 9.48 Å². The molecule has 2 N–H and O–H groups in total. The van der Waals surface area contributed by atoms with Gasteiger partial charge in [-0.1, -0.05) is 36.4 Å². The summed E-state index contributed by atoms with van der Waals surface area (Å²) in [7, 11) is 1.87. The molecule has 1 aliphatic carbocycles. The average molecular weight is 275 g/mol. The molecular formula is C17H13N3O. The molecule has 102 valence electrons. The maximum atomic E-state index is 12.7. The van der Waals surface area contributed by atoms with Crippen LogP contribution in [0.25, 0.3) is 22.5 Å². The second kappa shape index (κ2) is 4.06. The molecule has 0 atom stereocenters. The van der Waals surface area contributed by atoms with Gasteiger partial charge in [-0.05, 0) is 12.1 Å². The van der Waals surface area contributed by atoms with Crippen LogP contribution in [0.1, 0.15) is 15.9 Å². The fourth-order valence-corrected chi connectivity index (χ4v) is 2.91. The number of carbonyl (C=O) groups is 1. The lowest BCUT2D eigenvalue weighted by Gasteiger charge is -2.01. The number of anilines is 1. The molecular weight excluding hydrogens is 262 g/mol. The van der Waals surface area contributed by atoms with Crippen LogP contribution in [0.2, 0.25) is 0 Å². The summed E-state index contributed by atoms with van der Waals surface area (Å²) in [6, 6.07) is 15.1. The number of nitrogens with two attached hydrogens (primary N) is 1. The van der Waals surface area contributed by atoms with Gasteiger partial charge in [0.2, 0.25) is 0 Å². The van der Waals surface area contributed by atoms with Crippen molar-refractivity contribution in [2.24, 2.45) is 7.05 Å². The van der Waals surface area contributed by atoms with E-state index >= 15 is 0 Å². The lowest BCUT2D eigenvalue weighted by Crippen LogP contribution is -1.98. The molecule has 4 nitrogen and oxygen atoms in total. The summed E-state index contributed by atoms with van der Waals surface area (Å²) in [5, 5.41) is 4.54. The van der Waals surface area contributed by atoms with E-state index in [1.165, 1.54) is 0 Å². The fourth-order valence-electron chi connectivity index (χ4n) is 2.91. The molecule has 1 aromatic heterocycles. The first kappa shape index (κ1) is 11.9. The zero-order valence-electron chi connectivity index (χ0n) is 11.5. The first-order valence-electron chi connectivity index (χ1n) is 6.74. The largest absolute Gasteiger partial charge is 0.399 e. The number of benzene rings is 2. The minimum absolute atomic E-state index is 0.0422. The Balaban J connectivity index is 1.99. The fraction of sp³-hybridized carbons (Fsp3) is 0.0588. The topological polar surface area (TPSA) is 60.9 Å². The molecule has 0 aliphatic heterocycles. The Morgan fingerprint density at radius 2 is 1.67 bits per heavy atom. The summed E-state index contributed by atoms with van der Waals surface area (Å²) in [6.07, 6.45) is 0. The van der Waals surface area contributed by atoms with Gasteiger partial charge in [-0.2, -0.15) is 5.10 Å². The lowest BCUT2D eigenvalue weighted by molar-refractivity contribution is 0.104. The first-order chi connectivity index (χ1) is 10.2. The highest BCUT2D eigenvalue weighted by Gasteiger charge is 2.33. The molecule has 0 amide bonds. The Bertz CT molecular complexity index is 876. The molecule has 21 heavy (non-hydrogen) atoms. The molecule has 0 unspecified atom stereocenters. The molecule has 1 heterocycles. The number of ketones is 1. The summed E-state index contributed by atoms with van der Waals surface area (Å²) in [6.45, 7) is 0. The second-order valence-electron chi connectivity index (χ2n) is 5.19. The van der Waals surface area contributed by atoms with Crippen molar-refractivity contribution in [3.05, 3.63) is 59.7 Å². The molecule has 0 spiro atoms. The van der Waals surface area contributed by atoms with Crippen LogP contribution in [0.5, 0.6) is 0 Å². The van der Waals surface area contributed by atoms with Gasteiger partial charge >= 0.3 is 0 Å². The summed E-state index contributed by atoms with van der Waals surface area (Å²) >= 11 is 0. The average Bonchev–Trinajstić information content (AvgIpc) is 2.98. The van der Waals surface area contributed by atoms with E-state index in [1.807, 2.05) is 55.6 Å². The van der Waals surface area contributed by atoms with Crippen molar-refractivity contribution in [2.45, 2.75) is 0 Å². The van der Waals surface area contributed by atoms with Gasteiger partial charge in [0, 0.05) is 29.4 Å². The third-order valence-corrected chi connectivity index (χ3v) is 3.89. The van der Waals surface area contributed by atoms with Gasteiger partial charge in [0.1, 0.15) is 5.69 Å². The second-order valence-corrected chi connectivity index (χ2v) is 5.19. The zero-order chi connectivity index (χ0) is 14.6. The standard InChI is InChI=1S/C17H13N3O/c1-20-16-12-4-2-3-5-13(12)17(21)14(16)15(19-20)10-6-8-11(18)9-7-10/h2-9H,18H2,1H3. The number of aryl methyl sites for hydroxylation is 1. The van der Waals surface area contributed by atoms with E-state index in [2.05, 4.69) is 5.10 Å². The molecule has 0 saturated heterocycles. The first-order valence-corrected chi connectivity index (χ1v) is 6.74. The number of nitrogens with zero attached hydrogens (tertiary/aromatic N) is 2. The van der Waals surface area contributed by atoms with E-state index in [0.717, 1.165) is 22.4 Å². The van der Waals surface area contributed by atoms with Gasteiger partial charge in [-0.15, -0.1) is 0 Å². The molecule has 3 aromatic rings. The Morgan fingerprint density at radius 3 is 2.38 bits per heavy atom. The minimum Gasteiger partial charge on any atom is -0.399 e. The highest BCUT2D eigenvalue weighted by molar-refractivity contribution is 6.23. The highest BCUT2D eigenvalue weighted by Crippen LogP contribution is 2.41. The molecule has 0 fully saturated rings. The van der Waals surface area contributed by atoms with Crippen molar-refractivity contribution < 1.29 is 4.79 Å². The van der Waals surface area contributed by atoms with Crippen molar-refractivity contribution >= 4 is 11.5 Å². The van der Waals surface area contributed by atoms with Crippen molar-refractivity contribution in [1.82, 2.24) is 9.78 Å². The minimum atomic E-state index is 0.0422. The number of carbonyl (C=O) groups excluding carboxylic acids is 1. The van der Waals surface area contributed by atoms with Crippen LogP contribution in [-0.4, -0.2) is 15.6 Å². The lowest BCUT2D eigenvalue weighted by atomic mass is 10.0. The Labute approximate surface area is 121 Å². The number of hydrogen-bond donors (Lipinski definition) is 1. The van der Waals surface area contributed by atoms with E-state index < -0.39 is 0 Å². The van der Waals surface area contributed by atoms with Gasteiger partial charge in [0.25, 0.3) is 0 Å². The van der Waals surface area contributed by atoms with E-state index in [4.69, 9.17) is 5.73 Å². The monoisotopic (exact) mass is 275 g/mol. The van der Waals surface area contributed by atoms with Crippen LogP contribution in [-0.2, 0) is 7.05 Å². The summed E-state index contributed by atoms with van der Waals surface area (Å²) in [5.41, 5.74) is 11.3. The van der Waals surface area contributed by atoms with Crippen LogP contribution >= 0.6 is 0 Å². The molecule has 0 saturated carbocycles. The quantitative estimate of drug-likeness (QED) is 0.543. The summed E-state index contributed by atoms with van der Waals surface area (Å²) in [4.78, 5) is 12.7. The Hall–Kier alpha value is -2.88. The van der Waals surface area contributed by atoms with Crippen LogP contribution in [0.3, 0.4) is 0 Å². The van der Waals surface area contributed by atoms with Gasteiger partial charge in [-0.25, -0.2) is 0 Å². The predicted molar refractivity (Wildman–Crippen MR) is 81.9 cm³/mol. The Kier molecular flexibility index (Phi) is 2.30. The van der Waals surface area contributed by atoms with Crippen LogP contribution in [0.15, 0.2) is 48.5 Å². The number of fused-ring (bicyclic) bond motifs is 3. The van der Waals surface area contributed by atoms with Gasteiger partial charge < -0.3 is 5.73 Å². The van der Waals surface area contributed by atoms with Crippen LogP contribution in [0.4, 0.5) is 5.69 Å². The molecule has 4 heteroatoms. The maximum Gasteiger partial charge on any atom is 0.198 e. The number of nitrogen functional groups attached to an aromatic ring is 1. The predicted octanol–water partition coefficient (Wildman–Crippen LogP) is 2.88. The zero-order valence-corrected chi connectivity index (χ0v) is 11.5.